The molecule has 0 radical (unpaired) electrons. The first-order valence-corrected chi connectivity index (χ1v) is 4.09. The average Bonchev–Trinajstić information content (AvgIpc) is 2.01. The molecule has 2 nitrogen and oxygen atoms in total. The van der Waals surface area contributed by atoms with Gasteiger partial charge in [-0.15, -0.1) is 0 Å². The molecule has 1 aromatic carbocycles. The minimum atomic E-state index is -4.48. The van der Waals surface area contributed by atoms with Gasteiger partial charge in [-0.25, -0.2) is 0 Å². The number of rotatable bonds is 1. The van der Waals surface area contributed by atoms with Crippen LogP contribution < -0.4 is 11.5 Å². The van der Waals surface area contributed by atoms with E-state index in [-0.39, 0.29) is 22.8 Å². The monoisotopic (exact) mass is 224 g/mol. The Morgan fingerprint density at radius 1 is 1.29 bits per heavy atom. The van der Waals surface area contributed by atoms with Gasteiger partial charge in [-0.2, -0.15) is 13.2 Å². The third-order valence-electron chi connectivity index (χ3n) is 1.73. The summed E-state index contributed by atoms with van der Waals surface area (Å²) >= 11 is 5.58. The molecule has 0 saturated heterocycles. The van der Waals surface area contributed by atoms with Gasteiger partial charge in [0, 0.05) is 17.3 Å². The maximum Gasteiger partial charge on any atom is 0.416 e. The predicted molar refractivity (Wildman–Crippen MR) is 48.8 cm³/mol. The van der Waals surface area contributed by atoms with Crippen LogP contribution in [0, 0.1) is 0 Å². The van der Waals surface area contributed by atoms with Gasteiger partial charge in [-0.05, 0) is 17.7 Å². The van der Waals surface area contributed by atoms with Crippen LogP contribution in [0.15, 0.2) is 12.1 Å². The number of anilines is 1. The summed E-state index contributed by atoms with van der Waals surface area (Å²) in [5, 5.41) is -0.0557. The van der Waals surface area contributed by atoms with Gasteiger partial charge in [0.15, 0.2) is 0 Å². The average molecular weight is 225 g/mol. The molecule has 1 rings (SSSR count). The Morgan fingerprint density at radius 3 is 2.29 bits per heavy atom. The normalized spacial score (nSPS) is 11.8. The van der Waals surface area contributed by atoms with Crippen molar-refractivity contribution in [1.29, 1.82) is 0 Å². The number of hydrogen-bond donors (Lipinski definition) is 2. The van der Waals surface area contributed by atoms with Gasteiger partial charge in [-0.1, -0.05) is 11.6 Å². The van der Waals surface area contributed by atoms with Gasteiger partial charge in [-0.3, -0.25) is 0 Å². The van der Waals surface area contributed by atoms with Crippen LogP contribution >= 0.6 is 11.6 Å². The number of nitrogen functional groups attached to an aromatic ring is 1. The summed E-state index contributed by atoms with van der Waals surface area (Å²) in [7, 11) is 0. The number of halogens is 4. The molecule has 0 spiro atoms. The quantitative estimate of drug-likeness (QED) is 0.720. The van der Waals surface area contributed by atoms with Crippen LogP contribution in [0.25, 0.3) is 0 Å². The summed E-state index contributed by atoms with van der Waals surface area (Å²) in [5.74, 6) is 0. The smallest absolute Gasteiger partial charge is 0.399 e. The fraction of sp³-hybridized carbons (Fsp3) is 0.250. The molecule has 0 bridgehead atoms. The van der Waals surface area contributed by atoms with E-state index < -0.39 is 11.7 Å². The zero-order valence-electron chi connectivity index (χ0n) is 7.03. The zero-order chi connectivity index (χ0) is 10.9. The minimum Gasteiger partial charge on any atom is -0.399 e. The van der Waals surface area contributed by atoms with Crippen LogP contribution in [0.3, 0.4) is 0 Å². The lowest BCUT2D eigenvalue weighted by atomic mass is 10.1. The molecule has 0 saturated carbocycles. The first kappa shape index (κ1) is 11.1. The minimum absolute atomic E-state index is 0.0282. The van der Waals surface area contributed by atoms with Crippen molar-refractivity contribution < 1.29 is 13.2 Å². The van der Waals surface area contributed by atoms with Gasteiger partial charge in [0.1, 0.15) is 0 Å². The first-order valence-electron chi connectivity index (χ1n) is 3.71. The molecule has 0 atom stereocenters. The van der Waals surface area contributed by atoms with Crippen LogP contribution in [0.4, 0.5) is 18.9 Å². The SMILES string of the molecule is NCc1c(Cl)cc(N)cc1C(F)(F)F. The molecule has 4 N–H and O–H groups in total. The third kappa shape index (κ3) is 2.10. The zero-order valence-corrected chi connectivity index (χ0v) is 7.78. The summed E-state index contributed by atoms with van der Waals surface area (Å²) in [6.45, 7) is -0.270. The molecule has 6 heteroatoms. The van der Waals surface area contributed by atoms with Crippen LogP contribution in [-0.4, -0.2) is 0 Å². The van der Waals surface area contributed by atoms with E-state index in [1.807, 2.05) is 0 Å². The maximum atomic E-state index is 12.4. The first-order chi connectivity index (χ1) is 6.36. The van der Waals surface area contributed by atoms with Crippen LogP contribution in [0.5, 0.6) is 0 Å². The van der Waals surface area contributed by atoms with Crippen LogP contribution in [0.2, 0.25) is 5.02 Å². The highest BCUT2D eigenvalue weighted by Gasteiger charge is 2.34. The lowest BCUT2D eigenvalue weighted by molar-refractivity contribution is -0.138. The van der Waals surface area contributed by atoms with Gasteiger partial charge in [0.2, 0.25) is 0 Å². The number of nitrogens with two attached hydrogens (primary N) is 2. The van der Waals surface area contributed by atoms with E-state index in [2.05, 4.69) is 0 Å². The summed E-state index contributed by atoms with van der Waals surface area (Å²) in [5.41, 5.74) is 9.40. The highest BCUT2D eigenvalue weighted by atomic mass is 35.5. The number of hydrogen-bond acceptors (Lipinski definition) is 2. The summed E-state index contributed by atoms with van der Waals surface area (Å²) in [6, 6.07) is 2.08. The summed E-state index contributed by atoms with van der Waals surface area (Å²) < 4.78 is 37.3. The predicted octanol–water partition coefficient (Wildman–Crippen LogP) is 2.40. The van der Waals surface area contributed by atoms with Crippen molar-refractivity contribution in [2.75, 3.05) is 5.73 Å². The molecule has 0 fully saturated rings. The Morgan fingerprint density at radius 2 is 1.86 bits per heavy atom. The lowest BCUT2D eigenvalue weighted by Crippen LogP contribution is -2.13. The highest BCUT2D eigenvalue weighted by molar-refractivity contribution is 6.31. The fourth-order valence-electron chi connectivity index (χ4n) is 1.12. The second-order valence-electron chi connectivity index (χ2n) is 2.73. The van der Waals surface area contributed by atoms with Crippen LogP contribution in [0.1, 0.15) is 11.1 Å². The van der Waals surface area contributed by atoms with Crippen LogP contribution in [-0.2, 0) is 12.7 Å². The Balaban J connectivity index is 3.40. The van der Waals surface area contributed by atoms with Crippen molar-refractivity contribution >= 4 is 17.3 Å². The third-order valence-corrected chi connectivity index (χ3v) is 2.06. The molecule has 0 unspecified atom stereocenters. The van der Waals surface area contributed by atoms with E-state index in [0.29, 0.717) is 0 Å². The van der Waals surface area contributed by atoms with Crippen molar-refractivity contribution in [3.05, 3.63) is 28.3 Å². The van der Waals surface area contributed by atoms with E-state index >= 15 is 0 Å². The van der Waals surface area contributed by atoms with E-state index in [9.17, 15) is 13.2 Å². The molecule has 78 valence electrons. The molecule has 0 aliphatic rings. The highest BCUT2D eigenvalue weighted by Crippen LogP contribution is 2.36. The summed E-state index contributed by atoms with van der Waals surface area (Å²) in [6.07, 6.45) is -4.48. The van der Waals surface area contributed by atoms with Crippen molar-refractivity contribution in [1.82, 2.24) is 0 Å². The van der Waals surface area contributed by atoms with Crippen molar-refractivity contribution in [2.45, 2.75) is 12.7 Å². The van der Waals surface area contributed by atoms with Gasteiger partial charge >= 0.3 is 6.18 Å². The molecule has 14 heavy (non-hydrogen) atoms. The Bertz CT molecular complexity index is 349. The lowest BCUT2D eigenvalue weighted by Gasteiger charge is -2.13. The Labute approximate surface area is 83.6 Å². The van der Waals surface area contributed by atoms with E-state index in [4.69, 9.17) is 23.1 Å². The molecule has 0 heterocycles. The summed E-state index contributed by atoms with van der Waals surface area (Å²) in [4.78, 5) is 0. The fourth-order valence-corrected chi connectivity index (χ4v) is 1.42. The van der Waals surface area contributed by atoms with Crippen molar-refractivity contribution in [2.24, 2.45) is 5.73 Å². The van der Waals surface area contributed by atoms with Crippen molar-refractivity contribution in [3.8, 4) is 0 Å². The standard InChI is InChI=1S/C8H8ClF3N2/c9-7-2-4(14)1-6(5(7)3-13)8(10,11)12/h1-2H,3,13-14H2. The largest absolute Gasteiger partial charge is 0.416 e. The second-order valence-corrected chi connectivity index (χ2v) is 3.14. The molecule has 0 aromatic heterocycles. The molecule has 1 aromatic rings. The molecular formula is C8H8ClF3N2. The number of alkyl halides is 3. The van der Waals surface area contributed by atoms with Gasteiger partial charge in [0.25, 0.3) is 0 Å². The number of benzene rings is 1. The topological polar surface area (TPSA) is 52.0 Å². The maximum absolute atomic E-state index is 12.4. The molecule has 0 amide bonds. The van der Waals surface area contributed by atoms with E-state index in [1.165, 1.54) is 6.07 Å². The van der Waals surface area contributed by atoms with Gasteiger partial charge in [0.05, 0.1) is 5.56 Å². The molecule has 0 aliphatic carbocycles. The second kappa shape index (κ2) is 3.67. The van der Waals surface area contributed by atoms with E-state index in [1.54, 1.807) is 0 Å². The molecular weight excluding hydrogens is 217 g/mol. The van der Waals surface area contributed by atoms with E-state index in [0.717, 1.165) is 6.07 Å². The Hall–Kier alpha value is -0.940. The van der Waals surface area contributed by atoms with Gasteiger partial charge < -0.3 is 11.5 Å². The molecule has 0 aliphatic heterocycles. The van der Waals surface area contributed by atoms with Crippen molar-refractivity contribution in [3.63, 3.8) is 0 Å². The Kier molecular flexibility index (Phi) is 2.92.